The van der Waals surface area contributed by atoms with Crippen LogP contribution in [0.25, 0.3) is 27.7 Å². The van der Waals surface area contributed by atoms with E-state index in [9.17, 15) is 14.9 Å². The van der Waals surface area contributed by atoms with Crippen molar-refractivity contribution < 1.29 is 14.4 Å². The zero-order chi connectivity index (χ0) is 21.9. The minimum atomic E-state index is -0.501. The number of hydrogen-bond donors (Lipinski definition) is 2. The Balaban J connectivity index is 1.86. The summed E-state index contributed by atoms with van der Waals surface area (Å²) in [7, 11) is 1.56. The van der Waals surface area contributed by atoms with Crippen LogP contribution in [0.2, 0.25) is 0 Å². The van der Waals surface area contributed by atoms with Crippen LogP contribution in [0.3, 0.4) is 0 Å². The Hall–Kier alpha value is -4.34. The van der Waals surface area contributed by atoms with E-state index < -0.39 is 10.5 Å². The summed E-state index contributed by atoms with van der Waals surface area (Å²) in [5.74, 6) is 0.915. The predicted octanol–water partition coefficient (Wildman–Crippen LogP) is 3.08. The molecule has 3 heterocycles. The van der Waals surface area contributed by atoms with Gasteiger partial charge in [0.1, 0.15) is 29.1 Å². The number of aryl methyl sites for hydroxylation is 1. The third-order valence-corrected chi connectivity index (χ3v) is 5.42. The third kappa shape index (κ3) is 2.65. The van der Waals surface area contributed by atoms with Gasteiger partial charge in [0.05, 0.1) is 23.4 Å². The molecular formula is C21H17N5O5. The van der Waals surface area contributed by atoms with Gasteiger partial charge in [-0.3, -0.25) is 14.9 Å². The van der Waals surface area contributed by atoms with Crippen molar-refractivity contribution in [3.05, 3.63) is 68.1 Å². The maximum atomic E-state index is 12.8. The first-order chi connectivity index (χ1) is 14.9. The molecule has 0 fully saturated rings. The van der Waals surface area contributed by atoms with Crippen molar-refractivity contribution in [1.29, 1.82) is 0 Å². The normalized spacial score (nSPS) is 12.2. The largest absolute Gasteiger partial charge is 0.497 e. The molecule has 10 heteroatoms. The first kappa shape index (κ1) is 18.7. The minimum absolute atomic E-state index is 0.0245. The summed E-state index contributed by atoms with van der Waals surface area (Å²) in [6, 6.07) is 10.1. The number of para-hydroxylation sites is 1. The number of nitrogen functional groups attached to an aromatic ring is 1. The number of hydrogen-bond acceptors (Lipinski definition) is 7. The molecule has 0 spiro atoms. The first-order valence-electron chi connectivity index (χ1n) is 9.39. The number of pyridine rings is 1. The van der Waals surface area contributed by atoms with E-state index in [0.29, 0.717) is 33.8 Å². The van der Waals surface area contributed by atoms with E-state index in [4.69, 9.17) is 15.2 Å². The molecule has 2 aromatic heterocycles. The van der Waals surface area contributed by atoms with Gasteiger partial charge < -0.3 is 20.2 Å². The quantitative estimate of drug-likeness (QED) is 0.384. The van der Waals surface area contributed by atoms with Gasteiger partial charge in [-0.2, -0.15) is 5.10 Å². The van der Waals surface area contributed by atoms with Gasteiger partial charge in [0, 0.05) is 23.3 Å². The number of nitrogens with two attached hydrogens (primary N) is 1. The monoisotopic (exact) mass is 419 g/mol. The van der Waals surface area contributed by atoms with Crippen LogP contribution in [0.15, 0.2) is 41.2 Å². The van der Waals surface area contributed by atoms with Gasteiger partial charge in [-0.25, -0.2) is 4.68 Å². The Kier molecular flexibility index (Phi) is 3.97. The van der Waals surface area contributed by atoms with Crippen LogP contribution < -0.4 is 20.8 Å². The molecule has 1 aliphatic heterocycles. The fraction of sp³-hybridized carbons (Fsp3) is 0.143. The van der Waals surface area contributed by atoms with Crippen LogP contribution >= 0.6 is 0 Å². The van der Waals surface area contributed by atoms with Crippen molar-refractivity contribution in [1.82, 2.24) is 14.8 Å². The molecule has 3 N–H and O–H groups in total. The van der Waals surface area contributed by atoms with Crippen molar-refractivity contribution in [2.24, 2.45) is 0 Å². The van der Waals surface area contributed by atoms with Gasteiger partial charge in [-0.1, -0.05) is 12.1 Å². The lowest BCUT2D eigenvalue weighted by atomic mass is 9.98. The number of H-pyrrole nitrogens is 1. The van der Waals surface area contributed by atoms with Crippen LogP contribution in [0.1, 0.15) is 11.3 Å². The number of nitrogens with zero attached hydrogens (tertiary/aromatic N) is 3. The summed E-state index contributed by atoms with van der Waals surface area (Å²) in [4.78, 5) is 26.6. The number of nitro benzene ring substituents is 1. The molecule has 0 saturated heterocycles. The molecule has 156 valence electrons. The molecule has 2 aromatic carbocycles. The van der Waals surface area contributed by atoms with Crippen LogP contribution in [0.4, 0.5) is 11.5 Å². The second-order valence-corrected chi connectivity index (χ2v) is 7.18. The van der Waals surface area contributed by atoms with Crippen LogP contribution in [0, 0.1) is 17.0 Å². The first-order valence-corrected chi connectivity index (χ1v) is 9.39. The smallest absolute Gasteiger partial charge is 0.311 e. The van der Waals surface area contributed by atoms with E-state index in [2.05, 4.69) is 10.1 Å². The van der Waals surface area contributed by atoms with Gasteiger partial charge in [0.15, 0.2) is 0 Å². The van der Waals surface area contributed by atoms with E-state index in [1.807, 2.05) is 19.1 Å². The number of aromatic amines is 1. The Bertz CT molecular complexity index is 1450. The van der Waals surface area contributed by atoms with E-state index in [1.54, 1.807) is 25.3 Å². The molecule has 0 saturated carbocycles. The van der Waals surface area contributed by atoms with Crippen LogP contribution in [0.5, 0.6) is 11.5 Å². The molecule has 31 heavy (non-hydrogen) atoms. The number of ether oxygens (including phenoxy) is 2. The molecule has 1 aliphatic rings. The third-order valence-electron chi connectivity index (χ3n) is 5.42. The molecule has 10 nitrogen and oxygen atoms in total. The second kappa shape index (κ2) is 6.59. The predicted molar refractivity (Wildman–Crippen MR) is 114 cm³/mol. The minimum Gasteiger partial charge on any atom is -0.497 e. The second-order valence-electron chi connectivity index (χ2n) is 7.18. The molecule has 4 aromatic rings. The van der Waals surface area contributed by atoms with Crippen molar-refractivity contribution in [3.63, 3.8) is 0 Å². The number of nitrogens with one attached hydrogen (secondary N) is 1. The number of methoxy groups -OCH3 is 1. The standard InChI is InChI=1S/C21H17N5O5/c1-10-6-7-11(30-2)8-15(10)25-20(22)17-18(24-25)16-12-4-3-5-14(26(28)29)19(12)31-9-13(16)23-21(17)27/h3-8H,9,22H2,1-2H3,(H,23,27). The SMILES string of the molecule is COc1ccc(C)c(-n2nc3c4c([nH]c(=O)c3c2N)COc2c-4cccc2[N+](=O)[O-])c1. The highest BCUT2D eigenvalue weighted by Crippen LogP contribution is 2.45. The Morgan fingerprint density at radius 1 is 1.32 bits per heavy atom. The fourth-order valence-electron chi connectivity index (χ4n) is 3.92. The fourth-order valence-corrected chi connectivity index (χ4v) is 3.92. The highest BCUT2D eigenvalue weighted by atomic mass is 16.6. The Morgan fingerprint density at radius 3 is 2.87 bits per heavy atom. The summed E-state index contributed by atoms with van der Waals surface area (Å²) in [6.07, 6.45) is 0. The summed E-state index contributed by atoms with van der Waals surface area (Å²) in [6.45, 7) is 1.87. The average Bonchev–Trinajstić information content (AvgIpc) is 3.10. The van der Waals surface area contributed by atoms with Crippen LogP contribution in [-0.2, 0) is 6.61 Å². The van der Waals surface area contributed by atoms with Gasteiger partial charge in [-0.15, -0.1) is 0 Å². The maximum Gasteiger partial charge on any atom is 0.311 e. The van der Waals surface area contributed by atoms with E-state index in [0.717, 1.165) is 5.56 Å². The van der Waals surface area contributed by atoms with E-state index in [-0.39, 0.29) is 29.2 Å². The summed E-state index contributed by atoms with van der Waals surface area (Å²) in [5.41, 5.74) is 9.21. The highest BCUT2D eigenvalue weighted by molar-refractivity contribution is 6.02. The van der Waals surface area contributed by atoms with E-state index >= 15 is 0 Å². The number of nitro groups is 1. The zero-order valence-corrected chi connectivity index (χ0v) is 16.6. The van der Waals surface area contributed by atoms with Crippen molar-refractivity contribution >= 4 is 22.4 Å². The highest BCUT2D eigenvalue weighted by Gasteiger charge is 2.30. The zero-order valence-electron chi connectivity index (χ0n) is 16.6. The van der Waals surface area contributed by atoms with Crippen molar-refractivity contribution in [2.75, 3.05) is 12.8 Å². The molecular weight excluding hydrogens is 402 g/mol. The van der Waals surface area contributed by atoms with Crippen molar-refractivity contribution in [3.8, 4) is 28.3 Å². The molecule has 0 atom stereocenters. The summed E-state index contributed by atoms with van der Waals surface area (Å²) < 4.78 is 12.4. The van der Waals surface area contributed by atoms with Gasteiger partial charge in [0.2, 0.25) is 5.75 Å². The molecule has 0 aliphatic carbocycles. The molecule has 0 amide bonds. The number of fused-ring (bicyclic) bond motifs is 5. The number of aromatic nitrogens is 3. The Labute approximate surface area is 175 Å². The number of benzene rings is 2. The lowest BCUT2D eigenvalue weighted by Gasteiger charge is -2.20. The summed E-state index contributed by atoms with van der Waals surface area (Å²) in [5, 5.41) is 16.3. The lowest BCUT2D eigenvalue weighted by Crippen LogP contribution is -2.17. The molecule has 0 radical (unpaired) electrons. The van der Waals surface area contributed by atoms with E-state index in [1.165, 1.54) is 10.7 Å². The average molecular weight is 419 g/mol. The maximum absolute atomic E-state index is 12.8. The van der Waals surface area contributed by atoms with Gasteiger partial charge in [-0.05, 0) is 24.6 Å². The molecule has 0 unspecified atom stereocenters. The van der Waals surface area contributed by atoms with Crippen LogP contribution in [-0.4, -0.2) is 26.8 Å². The van der Waals surface area contributed by atoms with Crippen molar-refractivity contribution in [2.45, 2.75) is 13.5 Å². The summed E-state index contributed by atoms with van der Waals surface area (Å²) >= 11 is 0. The van der Waals surface area contributed by atoms with Gasteiger partial charge in [0.25, 0.3) is 5.56 Å². The Morgan fingerprint density at radius 2 is 2.13 bits per heavy atom. The lowest BCUT2D eigenvalue weighted by molar-refractivity contribution is -0.385. The molecule has 0 bridgehead atoms. The molecule has 5 rings (SSSR count). The topological polar surface area (TPSA) is 138 Å². The number of anilines is 1. The number of rotatable bonds is 3. The van der Waals surface area contributed by atoms with Gasteiger partial charge >= 0.3 is 5.69 Å².